The van der Waals surface area contributed by atoms with Crippen LogP contribution in [-0.4, -0.2) is 47.0 Å². The van der Waals surface area contributed by atoms with Gasteiger partial charge < -0.3 is 21.1 Å². The van der Waals surface area contributed by atoms with E-state index in [0.29, 0.717) is 23.0 Å². The third kappa shape index (κ3) is 4.64. The quantitative estimate of drug-likeness (QED) is 0.586. The molecule has 4 rings (SSSR count). The van der Waals surface area contributed by atoms with E-state index >= 15 is 0 Å². The van der Waals surface area contributed by atoms with Gasteiger partial charge in [0, 0.05) is 55.3 Å². The van der Waals surface area contributed by atoms with Gasteiger partial charge in [-0.15, -0.1) is 0 Å². The minimum absolute atomic E-state index is 0.134. The number of ether oxygens (including phenoxy) is 1. The van der Waals surface area contributed by atoms with Crippen LogP contribution >= 0.6 is 0 Å². The van der Waals surface area contributed by atoms with Crippen LogP contribution in [0.2, 0.25) is 0 Å². The number of hydrogen-bond donors (Lipinski definition) is 2. The number of anilines is 2. The van der Waals surface area contributed by atoms with Crippen molar-refractivity contribution in [3.05, 3.63) is 60.0 Å². The van der Waals surface area contributed by atoms with E-state index in [-0.39, 0.29) is 23.9 Å². The van der Waals surface area contributed by atoms with Crippen molar-refractivity contribution in [1.82, 2.24) is 15.0 Å². The SMILES string of the molecule is COc1cccc(-c2ccc(N)c(C(=O)Cc3cnccc3N3CCC[C@H](N)C3)n2)n1. The molecule has 0 unspecified atom stereocenters. The van der Waals surface area contributed by atoms with Crippen LogP contribution in [0.15, 0.2) is 48.8 Å². The highest BCUT2D eigenvalue weighted by atomic mass is 16.5. The van der Waals surface area contributed by atoms with E-state index in [4.69, 9.17) is 16.2 Å². The number of ketones is 1. The van der Waals surface area contributed by atoms with Crippen molar-refractivity contribution in [3.8, 4) is 17.3 Å². The number of pyridine rings is 3. The predicted octanol–water partition coefficient (Wildman–Crippen LogP) is 2.48. The maximum atomic E-state index is 13.2. The smallest absolute Gasteiger partial charge is 0.213 e. The summed E-state index contributed by atoms with van der Waals surface area (Å²) in [7, 11) is 1.55. The lowest BCUT2D eigenvalue weighted by Crippen LogP contribution is -2.43. The van der Waals surface area contributed by atoms with Gasteiger partial charge in [-0.3, -0.25) is 9.78 Å². The molecule has 0 saturated carbocycles. The summed E-state index contributed by atoms with van der Waals surface area (Å²) >= 11 is 0. The van der Waals surface area contributed by atoms with E-state index in [0.717, 1.165) is 37.2 Å². The maximum absolute atomic E-state index is 13.2. The fourth-order valence-corrected chi connectivity index (χ4v) is 3.86. The second-order valence-corrected chi connectivity index (χ2v) is 7.65. The van der Waals surface area contributed by atoms with Crippen molar-refractivity contribution in [3.63, 3.8) is 0 Å². The molecule has 0 aromatic carbocycles. The van der Waals surface area contributed by atoms with Gasteiger partial charge in [-0.05, 0) is 37.1 Å². The third-order valence-corrected chi connectivity index (χ3v) is 5.41. The molecule has 1 fully saturated rings. The first-order chi connectivity index (χ1) is 15.0. The molecular formula is C23H26N6O2. The lowest BCUT2D eigenvalue weighted by atomic mass is 10.0. The summed E-state index contributed by atoms with van der Waals surface area (Å²) in [6, 6.07) is 10.9. The normalized spacial score (nSPS) is 16.2. The standard InChI is InChI=1S/C23H26N6O2/c1-31-22-6-2-5-18(27-22)19-8-7-17(25)23(28-19)21(30)12-15-13-26-10-9-20(15)29-11-3-4-16(24)14-29/h2,5-10,13,16H,3-4,11-12,14,24-25H2,1H3/t16-/m0/s1. The summed E-state index contributed by atoms with van der Waals surface area (Å²) in [4.78, 5) is 28.6. The molecule has 8 nitrogen and oxygen atoms in total. The van der Waals surface area contributed by atoms with Crippen molar-refractivity contribution < 1.29 is 9.53 Å². The summed E-state index contributed by atoms with van der Waals surface area (Å²) in [5.41, 5.74) is 15.8. The van der Waals surface area contributed by atoms with Crippen LogP contribution in [0, 0.1) is 0 Å². The van der Waals surface area contributed by atoms with Gasteiger partial charge in [0.2, 0.25) is 5.88 Å². The lowest BCUT2D eigenvalue weighted by Gasteiger charge is -2.33. The summed E-state index contributed by atoms with van der Waals surface area (Å²) in [5.74, 6) is 0.307. The molecular weight excluding hydrogens is 392 g/mol. The molecule has 0 bridgehead atoms. The van der Waals surface area contributed by atoms with Crippen molar-refractivity contribution in [2.75, 3.05) is 30.8 Å². The van der Waals surface area contributed by atoms with Crippen LogP contribution in [0.25, 0.3) is 11.4 Å². The molecule has 3 aromatic heterocycles. The second kappa shape index (κ2) is 9.09. The van der Waals surface area contributed by atoms with Gasteiger partial charge in [0.05, 0.1) is 24.2 Å². The van der Waals surface area contributed by atoms with E-state index in [2.05, 4.69) is 19.9 Å². The Bertz CT molecular complexity index is 1090. The Hall–Kier alpha value is -3.52. The second-order valence-electron chi connectivity index (χ2n) is 7.65. The van der Waals surface area contributed by atoms with E-state index in [1.54, 1.807) is 37.7 Å². The molecule has 0 aliphatic carbocycles. The Kier molecular flexibility index (Phi) is 6.08. The molecule has 4 heterocycles. The molecule has 0 radical (unpaired) electrons. The number of Topliss-reactive ketones (excluding diaryl/α,β-unsaturated/α-hetero) is 1. The Morgan fingerprint density at radius 1 is 1.19 bits per heavy atom. The summed E-state index contributed by atoms with van der Waals surface area (Å²) in [6.07, 6.45) is 5.67. The molecule has 0 amide bonds. The average Bonchev–Trinajstić information content (AvgIpc) is 2.79. The maximum Gasteiger partial charge on any atom is 0.213 e. The van der Waals surface area contributed by atoms with Crippen LogP contribution < -0.4 is 21.1 Å². The summed E-state index contributed by atoms with van der Waals surface area (Å²) in [6.45, 7) is 1.68. The number of methoxy groups -OCH3 is 1. The Balaban J connectivity index is 1.61. The Morgan fingerprint density at radius 3 is 2.84 bits per heavy atom. The van der Waals surface area contributed by atoms with Gasteiger partial charge in [-0.2, -0.15) is 0 Å². The molecule has 1 atom stereocenters. The highest BCUT2D eigenvalue weighted by Crippen LogP contribution is 2.26. The first-order valence-corrected chi connectivity index (χ1v) is 10.3. The molecule has 1 saturated heterocycles. The fourth-order valence-electron chi connectivity index (χ4n) is 3.86. The predicted molar refractivity (Wildman–Crippen MR) is 120 cm³/mol. The van der Waals surface area contributed by atoms with Crippen LogP contribution in [0.1, 0.15) is 28.9 Å². The molecule has 4 N–H and O–H groups in total. The molecule has 8 heteroatoms. The highest BCUT2D eigenvalue weighted by molar-refractivity contribution is 6.01. The number of hydrogen-bond acceptors (Lipinski definition) is 8. The zero-order chi connectivity index (χ0) is 21.8. The average molecular weight is 419 g/mol. The van der Waals surface area contributed by atoms with Crippen molar-refractivity contribution in [2.45, 2.75) is 25.3 Å². The van der Waals surface area contributed by atoms with Gasteiger partial charge in [0.1, 0.15) is 5.69 Å². The van der Waals surface area contributed by atoms with E-state index in [1.807, 2.05) is 18.2 Å². The van der Waals surface area contributed by atoms with Crippen molar-refractivity contribution >= 4 is 17.2 Å². The minimum atomic E-state index is -0.169. The number of piperidine rings is 1. The molecule has 160 valence electrons. The zero-order valence-corrected chi connectivity index (χ0v) is 17.5. The molecule has 1 aliphatic heterocycles. The van der Waals surface area contributed by atoms with Gasteiger partial charge >= 0.3 is 0 Å². The van der Waals surface area contributed by atoms with Gasteiger partial charge in [0.25, 0.3) is 0 Å². The monoisotopic (exact) mass is 418 g/mol. The van der Waals surface area contributed by atoms with Crippen LogP contribution in [0.3, 0.4) is 0 Å². The van der Waals surface area contributed by atoms with Gasteiger partial charge in [0.15, 0.2) is 5.78 Å². The van der Waals surface area contributed by atoms with Crippen molar-refractivity contribution in [1.29, 1.82) is 0 Å². The first kappa shape index (κ1) is 20.7. The Morgan fingerprint density at radius 2 is 2.03 bits per heavy atom. The van der Waals surface area contributed by atoms with Crippen molar-refractivity contribution in [2.24, 2.45) is 5.73 Å². The number of carbonyl (C=O) groups excluding carboxylic acids is 1. The van der Waals surface area contributed by atoms with Gasteiger partial charge in [-0.25, -0.2) is 9.97 Å². The molecule has 1 aliphatic rings. The van der Waals surface area contributed by atoms with Crippen LogP contribution in [-0.2, 0) is 6.42 Å². The number of nitrogens with zero attached hydrogens (tertiary/aromatic N) is 4. The van der Waals surface area contributed by atoms with Gasteiger partial charge in [-0.1, -0.05) is 6.07 Å². The van der Waals surface area contributed by atoms with Crippen LogP contribution in [0.4, 0.5) is 11.4 Å². The zero-order valence-electron chi connectivity index (χ0n) is 17.5. The van der Waals surface area contributed by atoms with E-state index < -0.39 is 0 Å². The fraction of sp³-hybridized carbons (Fsp3) is 0.304. The molecule has 3 aromatic rings. The van der Waals surface area contributed by atoms with E-state index in [9.17, 15) is 4.79 Å². The lowest BCUT2D eigenvalue weighted by molar-refractivity contribution is 0.0989. The number of nitrogens with two attached hydrogens (primary N) is 2. The number of nitrogen functional groups attached to an aromatic ring is 1. The summed E-state index contributed by atoms with van der Waals surface area (Å²) < 4.78 is 5.18. The third-order valence-electron chi connectivity index (χ3n) is 5.41. The van der Waals surface area contributed by atoms with Crippen LogP contribution in [0.5, 0.6) is 5.88 Å². The summed E-state index contributed by atoms with van der Waals surface area (Å²) in [5, 5.41) is 0. The topological polar surface area (TPSA) is 120 Å². The number of rotatable bonds is 6. The highest BCUT2D eigenvalue weighted by Gasteiger charge is 2.22. The number of carbonyl (C=O) groups is 1. The van der Waals surface area contributed by atoms with E-state index in [1.165, 1.54) is 0 Å². The number of aromatic nitrogens is 3. The first-order valence-electron chi connectivity index (χ1n) is 10.3. The largest absolute Gasteiger partial charge is 0.481 e. The molecule has 0 spiro atoms. The minimum Gasteiger partial charge on any atom is -0.481 e. The Labute approximate surface area is 181 Å². The molecule has 31 heavy (non-hydrogen) atoms.